The van der Waals surface area contributed by atoms with Crippen molar-refractivity contribution in [3.05, 3.63) is 60.7 Å². The van der Waals surface area contributed by atoms with Gasteiger partial charge in [-0.2, -0.15) is 4.31 Å². The molecule has 0 aliphatic carbocycles. The molecule has 3 aromatic carbocycles. The van der Waals surface area contributed by atoms with E-state index in [1.807, 2.05) is 24.3 Å². The van der Waals surface area contributed by atoms with Gasteiger partial charge in [0.25, 0.3) is 0 Å². The molecule has 0 bridgehead atoms. The topological polar surface area (TPSA) is 84.9 Å². The van der Waals surface area contributed by atoms with Gasteiger partial charge in [0, 0.05) is 18.8 Å². The van der Waals surface area contributed by atoms with Crippen molar-refractivity contribution in [1.29, 1.82) is 0 Å². The Morgan fingerprint density at radius 1 is 0.931 bits per heavy atom. The zero-order chi connectivity index (χ0) is 21.0. The Bertz CT molecular complexity index is 1140. The molecule has 0 fully saturated rings. The fraction of sp³-hybridized carbons (Fsp3) is 0.190. The molecule has 8 heteroatoms. The van der Waals surface area contributed by atoms with E-state index in [4.69, 9.17) is 9.47 Å². The van der Waals surface area contributed by atoms with E-state index in [-0.39, 0.29) is 11.4 Å². The number of hydrogen-bond donors (Lipinski definition) is 1. The van der Waals surface area contributed by atoms with E-state index in [1.165, 1.54) is 21.3 Å². The van der Waals surface area contributed by atoms with Crippen LogP contribution in [0.4, 0.5) is 5.69 Å². The summed E-state index contributed by atoms with van der Waals surface area (Å²) in [7, 11) is 0.570. The highest BCUT2D eigenvalue weighted by Gasteiger charge is 2.23. The maximum atomic E-state index is 12.9. The molecular weight excluding hydrogens is 392 g/mol. The summed E-state index contributed by atoms with van der Waals surface area (Å²) in [5, 5.41) is 4.43. The van der Waals surface area contributed by atoms with E-state index >= 15 is 0 Å². The van der Waals surface area contributed by atoms with Crippen molar-refractivity contribution in [3.63, 3.8) is 0 Å². The average molecular weight is 414 g/mol. The number of rotatable bonds is 7. The van der Waals surface area contributed by atoms with Gasteiger partial charge >= 0.3 is 0 Å². The number of hydrogen-bond acceptors (Lipinski definition) is 5. The standard InChI is InChI=1S/C21H22N2O5S/c1-23(14-21(24)22-17-9-11-19(27-2)20(13-17)28-3)29(25,26)18-10-8-15-6-4-5-7-16(15)12-18/h4-13H,14H2,1-3H3,(H,22,24). The lowest BCUT2D eigenvalue weighted by Crippen LogP contribution is -2.34. The molecule has 0 aliphatic rings. The van der Waals surface area contributed by atoms with Crippen LogP contribution in [-0.2, 0) is 14.8 Å². The summed E-state index contributed by atoms with van der Waals surface area (Å²) in [5.41, 5.74) is 0.476. The molecule has 0 radical (unpaired) electrons. The number of fused-ring (bicyclic) bond motifs is 1. The van der Waals surface area contributed by atoms with Crippen molar-refractivity contribution in [1.82, 2.24) is 4.31 Å². The Morgan fingerprint density at radius 2 is 1.62 bits per heavy atom. The lowest BCUT2D eigenvalue weighted by atomic mass is 10.1. The first kappa shape index (κ1) is 20.6. The van der Waals surface area contributed by atoms with Crippen LogP contribution in [0.1, 0.15) is 0 Å². The van der Waals surface area contributed by atoms with E-state index < -0.39 is 15.9 Å². The molecule has 0 unspecified atom stereocenters. The molecular formula is C21H22N2O5S. The second-order valence-electron chi connectivity index (χ2n) is 6.39. The van der Waals surface area contributed by atoms with Gasteiger partial charge in [0.15, 0.2) is 11.5 Å². The number of amides is 1. The van der Waals surface area contributed by atoms with Crippen LogP contribution < -0.4 is 14.8 Å². The maximum absolute atomic E-state index is 12.9. The third-order valence-electron chi connectivity index (χ3n) is 4.46. The first-order chi connectivity index (χ1) is 13.8. The Hall–Kier alpha value is -3.10. The number of carbonyl (C=O) groups is 1. The molecule has 0 saturated carbocycles. The maximum Gasteiger partial charge on any atom is 0.243 e. The molecule has 1 N–H and O–H groups in total. The number of benzene rings is 3. The number of nitrogens with one attached hydrogen (secondary N) is 1. The first-order valence-electron chi connectivity index (χ1n) is 8.82. The van der Waals surface area contributed by atoms with Gasteiger partial charge in [-0.25, -0.2) is 8.42 Å². The van der Waals surface area contributed by atoms with E-state index in [1.54, 1.807) is 36.4 Å². The van der Waals surface area contributed by atoms with Gasteiger partial charge in [0.1, 0.15) is 0 Å². The minimum Gasteiger partial charge on any atom is -0.493 e. The summed E-state index contributed by atoms with van der Waals surface area (Å²) < 4.78 is 37.1. The third kappa shape index (κ3) is 4.49. The highest BCUT2D eigenvalue weighted by molar-refractivity contribution is 7.89. The van der Waals surface area contributed by atoms with Crippen LogP contribution >= 0.6 is 0 Å². The highest BCUT2D eigenvalue weighted by atomic mass is 32.2. The van der Waals surface area contributed by atoms with Gasteiger partial charge in [0.2, 0.25) is 15.9 Å². The van der Waals surface area contributed by atoms with Crippen molar-refractivity contribution in [3.8, 4) is 11.5 Å². The van der Waals surface area contributed by atoms with Crippen molar-refractivity contribution >= 4 is 32.4 Å². The predicted octanol–water partition coefficient (Wildman–Crippen LogP) is 3.12. The van der Waals surface area contributed by atoms with Gasteiger partial charge in [0.05, 0.1) is 25.7 Å². The number of sulfonamides is 1. The monoisotopic (exact) mass is 414 g/mol. The van der Waals surface area contributed by atoms with Crippen molar-refractivity contribution in [2.45, 2.75) is 4.90 Å². The van der Waals surface area contributed by atoms with Gasteiger partial charge in [-0.15, -0.1) is 0 Å². The summed E-state index contributed by atoms with van der Waals surface area (Å²) in [5.74, 6) is 0.521. The SMILES string of the molecule is COc1ccc(NC(=O)CN(C)S(=O)(=O)c2ccc3ccccc3c2)cc1OC. The molecule has 29 heavy (non-hydrogen) atoms. The molecule has 3 aromatic rings. The summed E-state index contributed by atoms with van der Waals surface area (Å²) in [6, 6.07) is 17.3. The Kier molecular flexibility index (Phi) is 6.05. The zero-order valence-electron chi connectivity index (χ0n) is 16.4. The molecule has 0 aliphatic heterocycles. The average Bonchev–Trinajstić information content (AvgIpc) is 2.73. The number of anilines is 1. The molecule has 0 spiro atoms. The Balaban J connectivity index is 1.74. The van der Waals surface area contributed by atoms with E-state index in [9.17, 15) is 13.2 Å². The minimum atomic E-state index is -3.81. The van der Waals surface area contributed by atoms with Crippen molar-refractivity contribution in [2.24, 2.45) is 0 Å². The minimum absolute atomic E-state index is 0.137. The van der Waals surface area contributed by atoms with E-state index in [0.29, 0.717) is 17.2 Å². The number of ether oxygens (including phenoxy) is 2. The second kappa shape index (κ2) is 8.50. The molecule has 0 atom stereocenters. The first-order valence-corrected chi connectivity index (χ1v) is 10.3. The number of carbonyl (C=O) groups excluding carboxylic acids is 1. The molecule has 0 aromatic heterocycles. The highest BCUT2D eigenvalue weighted by Crippen LogP contribution is 2.29. The number of nitrogens with zero attached hydrogens (tertiary/aromatic N) is 1. The molecule has 3 rings (SSSR count). The van der Waals surface area contributed by atoms with Gasteiger partial charge in [-0.05, 0) is 35.0 Å². The van der Waals surface area contributed by atoms with Crippen LogP contribution in [0, 0.1) is 0 Å². The van der Waals surface area contributed by atoms with E-state index in [2.05, 4.69) is 5.32 Å². The normalized spacial score (nSPS) is 11.4. The molecule has 7 nitrogen and oxygen atoms in total. The number of methoxy groups -OCH3 is 2. The lowest BCUT2D eigenvalue weighted by molar-refractivity contribution is -0.116. The third-order valence-corrected chi connectivity index (χ3v) is 6.26. The van der Waals surface area contributed by atoms with Gasteiger partial charge in [-0.1, -0.05) is 30.3 Å². The van der Waals surface area contributed by atoms with Crippen LogP contribution in [0.3, 0.4) is 0 Å². The van der Waals surface area contributed by atoms with E-state index in [0.717, 1.165) is 15.1 Å². The Morgan fingerprint density at radius 3 is 2.31 bits per heavy atom. The smallest absolute Gasteiger partial charge is 0.243 e. The van der Waals surface area contributed by atoms with Crippen molar-refractivity contribution in [2.75, 3.05) is 33.1 Å². The van der Waals surface area contributed by atoms with Crippen molar-refractivity contribution < 1.29 is 22.7 Å². The van der Waals surface area contributed by atoms with Crippen LogP contribution in [0.25, 0.3) is 10.8 Å². The fourth-order valence-electron chi connectivity index (χ4n) is 2.91. The van der Waals surface area contributed by atoms with Crippen LogP contribution in [0.5, 0.6) is 11.5 Å². The van der Waals surface area contributed by atoms with Crippen LogP contribution in [0.2, 0.25) is 0 Å². The largest absolute Gasteiger partial charge is 0.493 e. The summed E-state index contributed by atoms with van der Waals surface area (Å²) >= 11 is 0. The Labute approximate surface area is 169 Å². The molecule has 0 saturated heterocycles. The van der Waals surface area contributed by atoms with Gasteiger partial charge < -0.3 is 14.8 Å². The fourth-order valence-corrected chi connectivity index (χ4v) is 4.07. The quantitative estimate of drug-likeness (QED) is 0.642. The number of likely N-dealkylation sites (N-methyl/N-ethyl adjacent to an activating group) is 1. The summed E-state index contributed by atoms with van der Waals surface area (Å²) in [6.45, 7) is -0.330. The predicted molar refractivity (Wildman–Crippen MR) is 112 cm³/mol. The lowest BCUT2D eigenvalue weighted by Gasteiger charge is -2.17. The summed E-state index contributed by atoms with van der Waals surface area (Å²) in [4.78, 5) is 12.5. The zero-order valence-corrected chi connectivity index (χ0v) is 17.2. The summed E-state index contributed by atoms with van der Waals surface area (Å²) in [6.07, 6.45) is 0. The molecule has 152 valence electrons. The molecule has 0 heterocycles. The van der Waals surface area contributed by atoms with Gasteiger partial charge in [-0.3, -0.25) is 4.79 Å². The second-order valence-corrected chi connectivity index (χ2v) is 8.43. The molecule has 1 amide bonds. The van der Waals surface area contributed by atoms with Crippen LogP contribution in [0.15, 0.2) is 65.6 Å². The van der Waals surface area contributed by atoms with Crippen LogP contribution in [-0.4, -0.2) is 46.4 Å².